The van der Waals surface area contributed by atoms with Gasteiger partial charge in [-0.05, 0) is 0 Å². The molecule has 2 aliphatic rings. The maximum atomic E-state index is 11.0. The molecule has 3 rings (SSSR count). The number of carbonyl (C=O) groups excluding carboxylic acids is 1. The Kier molecular flexibility index (Phi) is 4.61. The number of hydrogen-bond acceptors (Lipinski definition) is 2. The van der Waals surface area contributed by atoms with Crippen LogP contribution in [0.25, 0.3) is 0 Å². The molecule has 0 bridgehead atoms. The number of nitrogens with one attached hydrogen (secondary N) is 1. The van der Waals surface area contributed by atoms with Crippen LogP contribution in [0, 0.1) is 5.92 Å². The van der Waals surface area contributed by atoms with E-state index in [9.17, 15) is 4.79 Å². The molecule has 21 heavy (non-hydrogen) atoms. The van der Waals surface area contributed by atoms with E-state index in [-0.39, 0.29) is 0 Å². The molecule has 1 saturated carbocycles. The first-order valence-corrected chi connectivity index (χ1v) is 9.54. The second-order valence-corrected chi connectivity index (χ2v) is 8.78. The molecule has 1 saturated heterocycles. The van der Waals surface area contributed by atoms with Crippen LogP contribution in [-0.2, 0) is 0 Å². The third-order valence-corrected chi connectivity index (χ3v) is 7.87. The fraction of sp³-hybridized carbons (Fsp3) is 0.500. The van der Waals surface area contributed by atoms with E-state index in [1.807, 2.05) is 0 Å². The van der Waals surface area contributed by atoms with Crippen molar-refractivity contribution in [3.63, 3.8) is 0 Å². The van der Waals surface area contributed by atoms with Crippen molar-refractivity contribution >= 4 is 26.7 Å². The molecule has 1 aliphatic carbocycles. The SMILES string of the molecule is NC(=O)N/N=C1/C[C@@H](c2ccccc2)[Se][C@H]2CCCC[C@H]12. The van der Waals surface area contributed by atoms with Crippen molar-refractivity contribution in [2.24, 2.45) is 16.8 Å². The van der Waals surface area contributed by atoms with Crippen molar-refractivity contribution < 1.29 is 4.79 Å². The Balaban J connectivity index is 1.83. The summed E-state index contributed by atoms with van der Waals surface area (Å²) < 4.78 is 0. The summed E-state index contributed by atoms with van der Waals surface area (Å²) in [6.45, 7) is 0. The topological polar surface area (TPSA) is 67.5 Å². The van der Waals surface area contributed by atoms with Gasteiger partial charge in [-0.25, -0.2) is 0 Å². The molecule has 0 aromatic heterocycles. The van der Waals surface area contributed by atoms with Crippen LogP contribution in [-0.4, -0.2) is 26.7 Å². The van der Waals surface area contributed by atoms with Crippen molar-refractivity contribution in [3.05, 3.63) is 35.9 Å². The summed E-state index contributed by atoms with van der Waals surface area (Å²) in [5.74, 6) is 0.561. The molecular weight excluding hydrogens is 329 g/mol. The van der Waals surface area contributed by atoms with Crippen molar-refractivity contribution in [2.45, 2.75) is 41.7 Å². The Morgan fingerprint density at radius 2 is 2.00 bits per heavy atom. The van der Waals surface area contributed by atoms with Gasteiger partial charge < -0.3 is 0 Å². The number of benzene rings is 1. The summed E-state index contributed by atoms with van der Waals surface area (Å²) in [4.78, 5) is 12.3. The Bertz CT molecular complexity index is 532. The summed E-state index contributed by atoms with van der Waals surface area (Å²) in [6, 6.07) is 10.1. The van der Waals surface area contributed by atoms with Crippen molar-refractivity contribution in [2.75, 3.05) is 0 Å². The third kappa shape index (κ3) is 3.47. The van der Waals surface area contributed by atoms with Gasteiger partial charge >= 0.3 is 131 Å². The molecule has 3 N–H and O–H groups in total. The first-order chi connectivity index (χ1) is 10.2. The second-order valence-electron chi connectivity index (χ2n) is 5.75. The van der Waals surface area contributed by atoms with Gasteiger partial charge in [-0.1, -0.05) is 0 Å². The van der Waals surface area contributed by atoms with Crippen molar-refractivity contribution in [3.8, 4) is 0 Å². The summed E-state index contributed by atoms with van der Waals surface area (Å²) in [5, 5.41) is 4.34. The maximum absolute atomic E-state index is 11.0. The molecule has 112 valence electrons. The molecule has 0 spiro atoms. The van der Waals surface area contributed by atoms with Crippen LogP contribution in [0.3, 0.4) is 0 Å². The Hall–Kier alpha value is -1.32. The van der Waals surface area contributed by atoms with Crippen molar-refractivity contribution in [1.82, 2.24) is 5.43 Å². The van der Waals surface area contributed by atoms with Gasteiger partial charge in [0.1, 0.15) is 0 Å². The van der Waals surface area contributed by atoms with E-state index in [0.29, 0.717) is 25.7 Å². The van der Waals surface area contributed by atoms with Gasteiger partial charge in [0.05, 0.1) is 0 Å². The number of rotatable bonds is 2. The van der Waals surface area contributed by atoms with E-state index >= 15 is 0 Å². The normalized spacial score (nSPS) is 30.7. The number of carbonyl (C=O) groups is 1. The number of fused-ring (bicyclic) bond motifs is 1. The fourth-order valence-electron chi connectivity index (χ4n) is 3.36. The van der Waals surface area contributed by atoms with Crippen LogP contribution in [0.15, 0.2) is 35.4 Å². The summed E-state index contributed by atoms with van der Waals surface area (Å²) in [7, 11) is 0. The predicted molar refractivity (Wildman–Crippen MR) is 85.4 cm³/mol. The standard InChI is InChI=1S/C16H21N3OSe/c17-16(20)19-18-13-10-15(11-6-2-1-3-7-11)21-14-9-5-4-8-12(13)14/h1-3,6-7,12,14-15H,4-5,8-10H2,(H3,17,19,20)/b18-13-/t12-,14+,15+/m1/s1. The third-order valence-electron chi connectivity index (χ3n) is 4.35. The van der Waals surface area contributed by atoms with Gasteiger partial charge in [-0.3, -0.25) is 0 Å². The average Bonchev–Trinajstić information content (AvgIpc) is 2.53. The molecule has 2 amide bonds. The van der Waals surface area contributed by atoms with Gasteiger partial charge in [0.25, 0.3) is 0 Å². The minimum absolute atomic E-state index is 0.561. The molecule has 1 aliphatic heterocycles. The van der Waals surface area contributed by atoms with Gasteiger partial charge in [0.2, 0.25) is 0 Å². The Morgan fingerprint density at radius 1 is 1.24 bits per heavy atom. The van der Waals surface area contributed by atoms with Gasteiger partial charge in [0, 0.05) is 0 Å². The Labute approximate surface area is 131 Å². The van der Waals surface area contributed by atoms with E-state index in [4.69, 9.17) is 5.73 Å². The first kappa shape index (κ1) is 14.6. The number of amides is 2. The number of primary amides is 1. The number of hydrogen-bond donors (Lipinski definition) is 2. The fourth-order valence-corrected chi connectivity index (χ4v) is 7.11. The van der Waals surface area contributed by atoms with E-state index < -0.39 is 6.03 Å². The molecule has 1 aromatic rings. The quantitative estimate of drug-likeness (QED) is 0.625. The zero-order chi connectivity index (χ0) is 14.7. The van der Waals surface area contributed by atoms with E-state index in [0.717, 1.165) is 16.9 Å². The van der Waals surface area contributed by atoms with Crippen LogP contribution in [0.4, 0.5) is 4.79 Å². The average molecular weight is 350 g/mol. The van der Waals surface area contributed by atoms with Crippen LogP contribution in [0.5, 0.6) is 0 Å². The van der Waals surface area contributed by atoms with E-state index in [1.54, 1.807) is 0 Å². The molecular formula is C16H21N3OSe. The predicted octanol–water partition coefficient (Wildman–Crippen LogP) is 2.84. The van der Waals surface area contributed by atoms with Crippen LogP contribution in [0.2, 0.25) is 4.82 Å². The van der Waals surface area contributed by atoms with Gasteiger partial charge in [-0.2, -0.15) is 0 Å². The van der Waals surface area contributed by atoms with Crippen molar-refractivity contribution in [1.29, 1.82) is 0 Å². The summed E-state index contributed by atoms with van der Waals surface area (Å²) in [6.07, 6.45) is 6.10. The van der Waals surface area contributed by atoms with E-state index in [1.165, 1.54) is 31.2 Å². The number of hydrazone groups is 1. The number of urea groups is 1. The van der Waals surface area contributed by atoms with Crippen LogP contribution in [0.1, 0.15) is 42.5 Å². The molecule has 0 radical (unpaired) electrons. The zero-order valence-corrected chi connectivity index (χ0v) is 13.7. The van der Waals surface area contributed by atoms with E-state index in [2.05, 4.69) is 40.9 Å². The monoisotopic (exact) mass is 351 g/mol. The molecule has 3 atom stereocenters. The summed E-state index contributed by atoms with van der Waals surface area (Å²) >= 11 is 0.609. The van der Waals surface area contributed by atoms with Gasteiger partial charge in [0.15, 0.2) is 0 Å². The molecule has 5 heteroatoms. The zero-order valence-electron chi connectivity index (χ0n) is 12.0. The number of nitrogens with zero attached hydrogens (tertiary/aromatic N) is 1. The second kappa shape index (κ2) is 6.63. The Morgan fingerprint density at radius 3 is 2.76 bits per heavy atom. The minimum atomic E-state index is -0.567. The summed E-state index contributed by atoms with van der Waals surface area (Å²) in [5.41, 5.74) is 10.2. The van der Waals surface area contributed by atoms with Crippen LogP contribution >= 0.6 is 0 Å². The molecule has 4 nitrogen and oxygen atoms in total. The molecule has 1 aromatic carbocycles. The van der Waals surface area contributed by atoms with Crippen LogP contribution < -0.4 is 11.2 Å². The molecule has 1 heterocycles. The first-order valence-electron chi connectivity index (χ1n) is 7.56. The van der Waals surface area contributed by atoms with Gasteiger partial charge in [-0.15, -0.1) is 0 Å². The molecule has 0 unspecified atom stereocenters. The number of nitrogens with two attached hydrogens (primary N) is 1. The molecule has 2 fully saturated rings.